The Hall–Kier alpha value is -1.77. The molecule has 0 radical (unpaired) electrons. The lowest BCUT2D eigenvalue weighted by atomic mass is 9.63. The molecule has 0 nitrogen and oxygen atoms in total. The summed E-state index contributed by atoms with van der Waals surface area (Å²) in [5.41, 5.74) is 0.907. The number of allylic oxidation sites excluding steroid dienone is 2. The number of aryl methyl sites for hydroxylation is 1. The van der Waals surface area contributed by atoms with Crippen LogP contribution in [-0.4, -0.2) is 0 Å². The number of hydrogen-bond acceptors (Lipinski definition) is 0. The van der Waals surface area contributed by atoms with Gasteiger partial charge >= 0.3 is 0 Å². The van der Waals surface area contributed by atoms with Gasteiger partial charge in [0.15, 0.2) is 0 Å². The molecule has 2 saturated carbocycles. The molecular weight excluding hydrogens is 405 g/mol. The van der Waals surface area contributed by atoms with Crippen LogP contribution in [0.2, 0.25) is 0 Å². The van der Waals surface area contributed by atoms with Crippen molar-refractivity contribution in [3.8, 4) is 0 Å². The van der Waals surface area contributed by atoms with E-state index in [-0.39, 0.29) is 16.9 Å². The van der Waals surface area contributed by atoms with E-state index >= 15 is 8.78 Å². The fraction of sp³-hybridized carbons (Fsp3) is 0.586. The predicted octanol–water partition coefficient (Wildman–Crippen LogP) is 9.26. The predicted molar refractivity (Wildman–Crippen MR) is 127 cm³/mol. The van der Waals surface area contributed by atoms with Gasteiger partial charge in [0, 0.05) is 5.56 Å². The average molecular weight is 443 g/mol. The molecule has 32 heavy (non-hydrogen) atoms. The van der Waals surface area contributed by atoms with E-state index in [1.807, 2.05) is 19.1 Å². The Balaban J connectivity index is 1.55. The fourth-order valence-corrected chi connectivity index (χ4v) is 6.42. The number of halogens is 3. The van der Waals surface area contributed by atoms with E-state index in [2.05, 4.69) is 6.92 Å². The molecule has 2 aromatic rings. The molecule has 4 atom stereocenters. The van der Waals surface area contributed by atoms with Gasteiger partial charge < -0.3 is 0 Å². The van der Waals surface area contributed by atoms with E-state index in [9.17, 15) is 4.39 Å². The molecule has 4 rings (SSSR count). The largest absolute Gasteiger partial charge is 0.207 e. The minimum Gasteiger partial charge on any atom is -0.207 e. The molecule has 2 aliphatic rings. The Kier molecular flexibility index (Phi) is 7.63. The van der Waals surface area contributed by atoms with Crippen molar-refractivity contribution in [2.24, 2.45) is 17.8 Å². The van der Waals surface area contributed by atoms with Crippen LogP contribution in [0.1, 0.15) is 95.1 Å². The van der Waals surface area contributed by atoms with Crippen LogP contribution < -0.4 is 0 Å². The quantitative estimate of drug-likeness (QED) is 0.375. The van der Waals surface area contributed by atoms with Gasteiger partial charge in [-0.1, -0.05) is 50.8 Å². The van der Waals surface area contributed by atoms with Gasteiger partial charge in [0.25, 0.3) is 0 Å². The summed E-state index contributed by atoms with van der Waals surface area (Å²) >= 11 is 0. The molecule has 0 heterocycles. The van der Waals surface area contributed by atoms with E-state index in [4.69, 9.17) is 0 Å². The van der Waals surface area contributed by atoms with Crippen molar-refractivity contribution in [1.82, 2.24) is 0 Å². The highest BCUT2D eigenvalue weighted by atomic mass is 19.1. The van der Waals surface area contributed by atoms with Crippen molar-refractivity contribution >= 4 is 10.8 Å². The number of unbranched alkanes of at least 4 members (excludes halogenated alkanes) is 1. The number of rotatable bonds is 7. The van der Waals surface area contributed by atoms with E-state index in [0.717, 1.165) is 37.2 Å². The van der Waals surface area contributed by atoms with E-state index < -0.39 is 17.5 Å². The molecule has 0 spiro atoms. The van der Waals surface area contributed by atoms with Gasteiger partial charge in [0.2, 0.25) is 0 Å². The van der Waals surface area contributed by atoms with Gasteiger partial charge in [0.05, 0.1) is 5.39 Å². The molecule has 0 saturated heterocycles. The molecular formula is C29H37F3. The van der Waals surface area contributed by atoms with Crippen LogP contribution in [0.15, 0.2) is 30.4 Å². The summed E-state index contributed by atoms with van der Waals surface area (Å²) in [5, 5.41) is 0.297. The maximum absolute atomic E-state index is 15.5. The highest BCUT2D eigenvalue weighted by Crippen LogP contribution is 2.49. The molecule has 3 heteroatoms. The standard InChI is InChI=1S/C29H37F3/c1-3-5-7-9-20-15-24-18-26(31)27(29(32)28(24)25(30)16-20)23-13-12-21-14-19(8-6-4-2)10-11-22(21)17-23/h3,5,15-16,18-19,21-23H,4,6-14,17H2,1-2H3/b5-3+. The highest BCUT2D eigenvalue weighted by molar-refractivity contribution is 5.85. The summed E-state index contributed by atoms with van der Waals surface area (Å²) in [4.78, 5) is 0. The highest BCUT2D eigenvalue weighted by Gasteiger charge is 2.37. The topological polar surface area (TPSA) is 0 Å². The Morgan fingerprint density at radius 3 is 2.50 bits per heavy atom. The second-order valence-corrected chi connectivity index (χ2v) is 10.2. The summed E-state index contributed by atoms with van der Waals surface area (Å²) in [5.74, 6) is 0.212. The first-order valence-electron chi connectivity index (χ1n) is 12.7. The summed E-state index contributed by atoms with van der Waals surface area (Å²) in [6.45, 7) is 4.19. The van der Waals surface area contributed by atoms with Crippen LogP contribution >= 0.6 is 0 Å². The van der Waals surface area contributed by atoms with Crippen LogP contribution in [0.3, 0.4) is 0 Å². The van der Waals surface area contributed by atoms with Crippen molar-refractivity contribution in [1.29, 1.82) is 0 Å². The number of fused-ring (bicyclic) bond motifs is 2. The van der Waals surface area contributed by atoms with Crippen LogP contribution in [0.25, 0.3) is 10.8 Å². The molecule has 174 valence electrons. The van der Waals surface area contributed by atoms with Gasteiger partial charge in [-0.2, -0.15) is 0 Å². The normalized spacial score (nSPS) is 26.0. The Morgan fingerprint density at radius 2 is 1.72 bits per heavy atom. The second kappa shape index (κ2) is 10.4. The molecule has 0 bridgehead atoms. The van der Waals surface area contributed by atoms with Crippen molar-refractivity contribution < 1.29 is 13.2 Å². The van der Waals surface area contributed by atoms with E-state index in [1.165, 1.54) is 50.7 Å². The first-order valence-corrected chi connectivity index (χ1v) is 12.7. The van der Waals surface area contributed by atoms with Gasteiger partial charge in [0.1, 0.15) is 17.5 Å². The molecule has 0 aliphatic heterocycles. The van der Waals surface area contributed by atoms with Crippen LogP contribution in [0.5, 0.6) is 0 Å². The zero-order chi connectivity index (χ0) is 22.7. The lowest BCUT2D eigenvalue weighted by Crippen LogP contribution is -2.31. The Bertz CT molecular complexity index is 961. The smallest absolute Gasteiger partial charge is 0.140 e. The van der Waals surface area contributed by atoms with Crippen molar-refractivity contribution in [3.63, 3.8) is 0 Å². The molecule has 0 N–H and O–H groups in total. The van der Waals surface area contributed by atoms with Crippen LogP contribution in [-0.2, 0) is 6.42 Å². The minimum atomic E-state index is -0.669. The molecule has 2 aliphatic carbocycles. The average Bonchev–Trinajstić information content (AvgIpc) is 2.77. The van der Waals surface area contributed by atoms with E-state index in [0.29, 0.717) is 23.6 Å². The van der Waals surface area contributed by atoms with Gasteiger partial charge in [-0.15, -0.1) is 0 Å². The number of hydrogen-bond donors (Lipinski definition) is 0. The molecule has 2 fully saturated rings. The third-order valence-electron chi connectivity index (χ3n) is 8.11. The molecule has 2 aromatic carbocycles. The minimum absolute atomic E-state index is 0.0402. The first kappa shape index (κ1) is 23.4. The van der Waals surface area contributed by atoms with E-state index in [1.54, 1.807) is 6.07 Å². The van der Waals surface area contributed by atoms with Crippen molar-refractivity contribution in [3.05, 3.63) is 58.9 Å². The maximum atomic E-state index is 15.5. The molecule has 4 unspecified atom stereocenters. The van der Waals surface area contributed by atoms with Gasteiger partial charge in [-0.05, 0) is 98.6 Å². The Morgan fingerprint density at radius 1 is 0.938 bits per heavy atom. The monoisotopic (exact) mass is 442 g/mol. The molecule has 0 aromatic heterocycles. The SMILES string of the molecule is C/C=C/CCc1cc(F)c2c(F)c(C3CCC4CC(CCCC)CCC4C3)c(F)cc2c1. The summed E-state index contributed by atoms with van der Waals surface area (Å²) in [6, 6.07) is 4.53. The van der Waals surface area contributed by atoms with Crippen LogP contribution in [0, 0.1) is 35.2 Å². The lowest BCUT2D eigenvalue weighted by molar-refractivity contribution is 0.112. The summed E-state index contributed by atoms with van der Waals surface area (Å²) in [6.07, 6.45) is 15.7. The lowest BCUT2D eigenvalue weighted by Gasteiger charge is -2.42. The zero-order valence-electron chi connectivity index (χ0n) is 19.6. The summed E-state index contributed by atoms with van der Waals surface area (Å²) < 4.78 is 45.7. The van der Waals surface area contributed by atoms with Gasteiger partial charge in [-0.25, -0.2) is 13.2 Å². The maximum Gasteiger partial charge on any atom is 0.140 e. The van der Waals surface area contributed by atoms with Crippen LogP contribution in [0.4, 0.5) is 13.2 Å². The third-order valence-corrected chi connectivity index (χ3v) is 8.11. The Labute approximate surface area is 191 Å². The molecule has 0 amide bonds. The van der Waals surface area contributed by atoms with Crippen molar-refractivity contribution in [2.45, 2.75) is 90.4 Å². The fourth-order valence-electron chi connectivity index (χ4n) is 6.42. The number of benzene rings is 2. The third kappa shape index (κ3) is 4.92. The van der Waals surface area contributed by atoms with Gasteiger partial charge in [-0.3, -0.25) is 0 Å². The summed E-state index contributed by atoms with van der Waals surface area (Å²) in [7, 11) is 0. The second-order valence-electron chi connectivity index (χ2n) is 10.2. The zero-order valence-corrected chi connectivity index (χ0v) is 19.6. The van der Waals surface area contributed by atoms with Crippen molar-refractivity contribution in [2.75, 3.05) is 0 Å². The first-order chi connectivity index (χ1) is 15.5.